The average Bonchev–Trinajstić information content (AvgIpc) is 2.33. The minimum atomic E-state index is 0.653. The molecule has 0 aromatic heterocycles. The van der Waals surface area contributed by atoms with Gasteiger partial charge < -0.3 is 0 Å². The van der Waals surface area contributed by atoms with Crippen LogP contribution in [0.15, 0.2) is 0 Å². The second kappa shape index (κ2) is 3.44. The van der Waals surface area contributed by atoms with E-state index in [0.717, 1.165) is 13.2 Å². The van der Waals surface area contributed by atoms with Gasteiger partial charge in [-0.15, -0.1) is 0 Å². The maximum atomic E-state index is 5.19. The van der Waals surface area contributed by atoms with Crippen molar-refractivity contribution in [3.8, 4) is 0 Å². The highest BCUT2D eigenvalue weighted by atomic mass is 32.2. The van der Waals surface area contributed by atoms with Gasteiger partial charge in [0.15, 0.2) is 0 Å². The van der Waals surface area contributed by atoms with E-state index in [4.69, 9.17) is 4.18 Å². The molecule has 0 aromatic carbocycles. The summed E-state index contributed by atoms with van der Waals surface area (Å²) in [5.74, 6) is 0. The Balaban J connectivity index is 2.32. The first-order valence-corrected chi connectivity index (χ1v) is 4.14. The lowest BCUT2D eigenvalue weighted by molar-refractivity contribution is 0.310. The maximum Gasteiger partial charge on any atom is 0.0823 e. The summed E-state index contributed by atoms with van der Waals surface area (Å²) in [5, 5.41) is 0. The second-order valence-electron chi connectivity index (χ2n) is 2.15. The first-order chi connectivity index (χ1) is 4.38. The smallest absolute Gasteiger partial charge is 0.0823 e. The molecule has 3 heteroatoms. The molecule has 1 unspecified atom stereocenters. The maximum absolute atomic E-state index is 5.19. The molecule has 1 aliphatic rings. The minimum Gasteiger partial charge on any atom is -0.299 e. The first kappa shape index (κ1) is 7.38. The third kappa shape index (κ3) is 1.60. The van der Waals surface area contributed by atoms with Gasteiger partial charge in [-0.25, -0.2) is 4.31 Å². The Labute approximate surface area is 60.9 Å². The molecule has 1 atom stereocenters. The van der Waals surface area contributed by atoms with Crippen molar-refractivity contribution in [3.63, 3.8) is 0 Å². The number of nitrogens with zero attached hydrogens (tertiary/aromatic N) is 1. The summed E-state index contributed by atoms with van der Waals surface area (Å²) in [6.07, 6.45) is 1.20. The normalized spacial score (nSPS) is 29.3. The van der Waals surface area contributed by atoms with Crippen LogP contribution in [0.3, 0.4) is 0 Å². The Kier molecular flexibility index (Phi) is 2.82. The van der Waals surface area contributed by atoms with E-state index in [0.29, 0.717) is 6.04 Å². The number of likely N-dealkylation sites (N-methyl/N-ethyl adjacent to an activating group) is 1. The zero-order valence-corrected chi connectivity index (χ0v) is 6.78. The highest BCUT2D eigenvalue weighted by Gasteiger charge is 2.22. The zero-order chi connectivity index (χ0) is 6.69. The van der Waals surface area contributed by atoms with E-state index in [1.807, 2.05) is 0 Å². The van der Waals surface area contributed by atoms with Gasteiger partial charge >= 0.3 is 0 Å². The van der Waals surface area contributed by atoms with Crippen LogP contribution in [0.25, 0.3) is 0 Å². The van der Waals surface area contributed by atoms with E-state index in [9.17, 15) is 0 Å². The summed E-state index contributed by atoms with van der Waals surface area (Å²) in [7, 11) is 0. The topological polar surface area (TPSA) is 12.5 Å². The van der Waals surface area contributed by atoms with Crippen LogP contribution in [0.4, 0.5) is 0 Å². The summed E-state index contributed by atoms with van der Waals surface area (Å²) in [6.45, 7) is 6.34. The van der Waals surface area contributed by atoms with Crippen molar-refractivity contribution in [2.45, 2.75) is 26.3 Å². The highest BCUT2D eigenvalue weighted by molar-refractivity contribution is 7.92. The first-order valence-electron chi connectivity index (χ1n) is 3.44. The molecule has 1 fully saturated rings. The summed E-state index contributed by atoms with van der Waals surface area (Å²) in [4.78, 5) is 0. The number of hydrogen-bond donors (Lipinski definition) is 0. The highest BCUT2D eigenvalue weighted by Crippen LogP contribution is 2.25. The summed E-state index contributed by atoms with van der Waals surface area (Å²) in [6, 6.07) is 0.653. The van der Waals surface area contributed by atoms with Gasteiger partial charge in [0, 0.05) is 12.6 Å². The van der Waals surface area contributed by atoms with Crippen LogP contribution in [0.2, 0.25) is 0 Å². The molecule has 0 N–H and O–H groups in total. The molecule has 1 rings (SSSR count). The van der Waals surface area contributed by atoms with Gasteiger partial charge in [-0.1, -0.05) is 13.8 Å². The zero-order valence-electron chi connectivity index (χ0n) is 5.96. The fourth-order valence-electron chi connectivity index (χ4n) is 0.953. The molecule has 0 saturated carbocycles. The molecule has 54 valence electrons. The van der Waals surface area contributed by atoms with Crippen molar-refractivity contribution in [1.29, 1.82) is 0 Å². The lowest BCUT2D eigenvalue weighted by atomic mass is 10.2. The van der Waals surface area contributed by atoms with Crippen molar-refractivity contribution < 1.29 is 4.18 Å². The van der Waals surface area contributed by atoms with Gasteiger partial charge in [-0.2, -0.15) is 0 Å². The van der Waals surface area contributed by atoms with E-state index in [1.54, 1.807) is 0 Å². The van der Waals surface area contributed by atoms with Gasteiger partial charge in [0.25, 0.3) is 0 Å². The van der Waals surface area contributed by atoms with Crippen LogP contribution in [0, 0.1) is 0 Å². The summed E-state index contributed by atoms with van der Waals surface area (Å²) >= 11 is 1.51. The predicted molar refractivity (Wildman–Crippen MR) is 40.0 cm³/mol. The molecule has 0 bridgehead atoms. The molecule has 0 spiro atoms. The van der Waals surface area contributed by atoms with Crippen LogP contribution in [0.5, 0.6) is 0 Å². The SMILES string of the molecule is CCC1COSN1CC. The van der Waals surface area contributed by atoms with Crippen LogP contribution in [-0.4, -0.2) is 23.5 Å². The minimum absolute atomic E-state index is 0.653. The van der Waals surface area contributed by atoms with E-state index in [-0.39, 0.29) is 0 Å². The van der Waals surface area contributed by atoms with Crippen LogP contribution < -0.4 is 0 Å². The van der Waals surface area contributed by atoms with Crippen molar-refractivity contribution >= 4 is 12.2 Å². The fourth-order valence-corrected chi connectivity index (χ4v) is 1.74. The Morgan fingerprint density at radius 2 is 2.44 bits per heavy atom. The van der Waals surface area contributed by atoms with Gasteiger partial charge in [0.1, 0.15) is 0 Å². The third-order valence-corrected chi connectivity index (χ3v) is 2.59. The van der Waals surface area contributed by atoms with Gasteiger partial charge in [0.2, 0.25) is 0 Å². The lowest BCUT2D eigenvalue weighted by Crippen LogP contribution is -2.25. The van der Waals surface area contributed by atoms with Gasteiger partial charge in [-0.3, -0.25) is 4.18 Å². The Morgan fingerprint density at radius 1 is 1.67 bits per heavy atom. The summed E-state index contributed by atoms with van der Waals surface area (Å²) in [5.41, 5.74) is 0. The van der Waals surface area contributed by atoms with E-state index >= 15 is 0 Å². The van der Waals surface area contributed by atoms with Crippen molar-refractivity contribution in [3.05, 3.63) is 0 Å². The molecule has 9 heavy (non-hydrogen) atoms. The fraction of sp³-hybridized carbons (Fsp3) is 1.00. The van der Waals surface area contributed by atoms with Gasteiger partial charge in [-0.05, 0) is 6.42 Å². The van der Waals surface area contributed by atoms with Crippen LogP contribution in [0.1, 0.15) is 20.3 Å². The van der Waals surface area contributed by atoms with Crippen molar-refractivity contribution in [2.75, 3.05) is 13.2 Å². The van der Waals surface area contributed by atoms with Crippen LogP contribution in [-0.2, 0) is 4.18 Å². The Morgan fingerprint density at radius 3 is 2.89 bits per heavy atom. The molecule has 1 aliphatic heterocycles. The quantitative estimate of drug-likeness (QED) is 0.435. The Bertz CT molecular complexity index is 79.1. The molecule has 0 aromatic rings. The van der Waals surface area contributed by atoms with Crippen molar-refractivity contribution in [1.82, 2.24) is 4.31 Å². The molecular formula is C6H13NOS. The standard InChI is InChI=1S/C6H13NOS/c1-3-6-5-8-9-7(6)4-2/h6H,3-5H2,1-2H3. The molecule has 1 heterocycles. The number of rotatable bonds is 2. The van der Waals surface area contributed by atoms with Crippen molar-refractivity contribution in [2.24, 2.45) is 0 Å². The third-order valence-electron chi connectivity index (χ3n) is 1.60. The van der Waals surface area contributed by atoms with Crippen LogP contribution >= 0.6 is 12.2 Å². The van der Waals surface area contributed by atoms with E-state index in [2.05, 4.69) is 18.2 Å². The Hall–Kier alpha value is 0.270. The van der Waals surface area contributed by atoms with Gasteiger partial charge in [0.05, 0.1) is 18.8 Å². The molecule has 0 amide bonds. The molecule has 0 radical (unpaired) electrons. The second-order valence-corrected chi connectivity index (χ2v) is 3.01. The number of hydrogen-bond acceptors (Lipinski definition) is 3. The predicted octanol–water partition coefficient (Wildman–Crippen LogP) is 1.68. The molecule has 0 aliphatic carbocycles. The largest absolute Gasteiger partial charge is 0.299 e. The molecular weight excluding hydrogens is 134 g/mol. The molecule has 1 saturated heterocycles. The molecule has 2 nitrogen and oxygen atoms in total. The summed E-state index contributed by atoms with van der Waals surface area (Å²) < 4.78 is 7.47. The van der Waals surface area contributed by atoms with E-state index < -0.39 is 0 Å². The van der Waals surface area contributed by atoms with E-state index in [1.165, 1.54) is 18.6 Å². The average molecular weight is 147 g/mol. The lowest BCUT2D eigenvalue weighted by Gasteiger charge is -2.15. The monoisotopic (exact) mass is 147 g/mol.